The van der Waals surface area contributed by atoms with Gasteiger partial charge in [-0.15, -0.1) is 11.8 Å². The second kappa shape index (κ2) is 6.04. The van der Waals surface area contributed by atoms with Crippen LogP contribution in [0, 0.1) is 5.82 Å². The Balaban J connectivity index is 1.53. The zero-order valence-corrected chi connectivity index (χ0v) is 11.5. The van der Waals surface area contributed by atoms with Crippen LogP contribution < -0.4 is 0 Å². The van der Waals surface area contributed by atoms with Crippen molar-refractivity contribution in [1.29, 1.82) is 0 Å². The van der Waals surface area contributed by atoms with Crippen molar-refractivity contribution in [3.05, 3.63) is 30.1 Å². The number of benzene rings is 1. The third-order valence-corrected chi connectivity index (χ3v) is 4.18. The van der Waals surface area contributed by atoms with E-state index in [-0.39, 0.29) is 5.82 Å². The van der Waals surface area contributed by atoms with Gasteiger partial charge < -0.3 is 5.11 Å². The van der Waals surface area contributed by atoms with Gasteiger partial charge in [0, 0.05) is 18.0 Å². The Hall–Kier alpha value is -0.580. The number of nitrogens with zero attached hydrogens (tertiary/aromatic N) is 1. The zero-order chi connectivity index (χ0) is 13.0. The van der Waals surface area contributed by atoms with E-state index in [1.165, 1.54) is 12.1 Å². The molecule has 1 fully saturated rings. The SMILES string of the molecule is CC1(O)CN(CCCCSc2ccc(F)cc2)C1. The number of rotatable bonds is 6. The summed E-state index contributed by atoms with van der Waals surface area (Å²) >= 11 is 1.77. The lowest BCUT2D eigenvalue weighted by Gasteiger charge is -2.44. The fraction of sp³-hybridized carbons (Fsp3) is 0.571. The van der Waals surface area contributed by atoms with Gasteiger partial charge in [-0.05, 0) is 56.3 Å². The average molecular weight is 269 g/mol. The van der Waals surface area contributed by atoms with Crippen molar-refractivity contribution in [2.45, 2.75) is 30.3 Å². The van der Waals surface area contributed by atoms with Crippen molar-refractivity contribution in [3.8, 4) is 0 Å². The molecule has 1 heterocycles. The van der Waals surface area contributed by atoms with E-state index in [1.54, 1.807) is 11.8 Å². The highest BCUT2D eigenvalue weighted by Gasteiger charge is 2.35. The number of hydrogen-bond acceptors (Lipinski definition) is 3. The van der Waals surface area contributed by atoms with E-state index in [0.29, 0.717) is 0 Å². The predicted octanol–water partition coefficient (Wildman–Crippen LogP) is 2.76. The maximum atomic E-state index is 12.7. The molecule has 0 aliphatic carbocycles. The minimum Gasteiger partial charge on any atom is -0.388 e. The minimum atomic E-state index is -0.455. The number of hydrogen-bond donors (Lipinski definition) is 1. The van der Waals surface area contributed by atoms with Crippen LogP contribution in [0.2, 0.25) is 0 Å². The largest absolute Gasteiger partial charge is 0.388 e. The summed E-state index contributed by atoms with van der Waals surface area (Å²) < 4.78 is 12.7. The van der Waals surface area contributed by atoms with Crippen LogP contribution in [-0.2, 0) is 0 Å². The summed E-state index contributed by atoms with van der Waals surface area (Å²) in [5.41, 5.74) is -0.455. The molecule has 1 aliphatic heterocycles. The molecular weight excluding hydrogens is 249 g/mol. The summed E-state index contributed by atoms with van der Waals surface area (Å²) in [6.07, 6.45) is 2.31. The average Bonchev–Trinajstić information content (AvgIpc) is 2.28. The van der Waals surface area contributed by atoms with Crippen molar-refractivity contribution in [2.75, 3.05) is 25.4 Å². The van der Waals surface area contributed by atoms with E-state index in [4.69, 9.17) is 0 Å². The minimum absolute atomic E-state index is 0.177. The van der Waals surface area contributed by atoms with Gasteiger partial charge in [-0.2, -0.15) is 0 Å². The van der Waals surface area contributed by atoms with E-state index in [2.05, 4.69) is 4.90 Å². The monoisotopic (exact) mass is 269 g/mol. The van der Waals surface area contributed by atoms with E-state index >= 15 is 0 Å². The van der Waals surface area contributed by atoms with Gasteiger partial charge in [-0.3, -0.25) is 4.90 Å². The van der Waals surface area contributed by atoms with Crippen molar-refractivity contribution < 1.29 is 9.50 Å². The molecule has 0 bridgehead atoms. The van der Waals surface area contributed by atoms with Gasteiger partial charge in [0.25, 0.3) is 0 Å². The van der Waals surface area contributed by atoms with E-state index in [1.807, 2.05) is 19.1 Å². The van der Waals surface area contributed by atoms with Crippen molar-refractivity contribution in [2.24, 2.45) is 0 Å². The van der Waals surface area contributed by atoms with Gasteiger partial charge in [0.15, 0.2) is 0 Å². The highest BCUT2D eigenvalue weighted by Crippen LogP contribution is 2.22. The molecule has 1 N–H and O–H groups in total. The van der Waals surface area contributed by atoms with Gasteiger partial charge >= 0.3 is 0 Å². The molecule has 0 amide bonds. The summed E-state index contributed by atoms with van der Waals surface area (Å²) in [6, 6.07) is 6.66. The summed E-state index contributed by atoms with van der Waals surface area (Å²) in [5.74, 6) is 0.889. The second-order valence-corrected chi connectivity index (χ2v) is 6.39. The standard InChI is InChI=1S/C14H20FNOS/c1-14(17)10-16(11-14)8-2-3-9-18-13-6-4-12(15)5-7-13/h4-7,17H,2-3,8-11H2,1H3. The summed E-state index contributed by atoms with van der Waals surface area (Å²) in [5, 5.41) is 9.58. The van der Waals surface area contributed by atoms with E-state index < -0.39 is 5.60 Å². The van der Waals surface area contributed by atoms with Crippen molar-refractivity contribution >= 4 is 11.8 Å². The highest BCUT2D eigenvalue weighted by molar-refractivity contribution is 7.99. The third kappa shape index (κ3) is 4.26. The Morgan fingerprint density at radius 1 is 1.28 bits per heavy atom. The molecule has 0 saturated carbocycles. The Labute approximate surface area is 112 Å². The fourth-order valence-corrected chi connectivity index (χ4v) is 3.15. The molecule has 0 radical (unpaired) electrons. The molecule has 0 atom stereocenters. The van der Waals surface area contributed by atoms with Gasteiger partial charge in [0.05, 0.1) is 5.60 Å². The first kappa shape index (κ1) is 13.8. The molecule has 1 saturated heterocycles. The highest BCUT2D eigenvalue weighted by atomic mass is 32.2. The van der Waals surface area contributed by atoms with Crippen LogP contribution in [0.5, 0.6) is 0 Å². The van der Waals surface area contributed by atoms with E-state index in [0.717, 1.165) is 43.1 Å². The van der Waals surface area contributed by atoms with Gasteiger partial charge in [0.1, 0.15) is 5.82 Å². The molecule has 1 aromatic carbocycles. The number of β-amino-alcohol motifs (C(OH)–C–C–N with tert-alkyl or cyclic N) is 1. The Kier molecular flexibility index (Phi) is 4.65. The van der Waals surface area contributed by atoms with Crippen LogP contribution in [0.25, 0.3) is 0 Å². The number of aliphatic hydroxyl groups is 1. The van der Waals surface area contributed by atoms with Crippen LogP contribution in [0.4, 0.5) is 4.39 Å². The third-order valence-electron chi connectivity index (χ3n) is 3.08. The van der Waals surface area contributed by atoms with Gasteiger partial charge in [-0.25, -0.2) is 4.39 Å². The Bertz CT molecular complexity index is 372. The molecule has 2 rings (SSSR count). The normalized spacial score (nSPS) is 18.6. The number of likely N-dealkylation sites (tertiary alicyclic amines) is 1. The molecule has 18 heavy (non-hydrogen) atoms. The molecular formula is C14H20FNOS. The second-order valence-electron chi connectivity index (χ2n) is 5.22. The van der Waals surface area contributed by atoms with Gasteiger partial charge in [0.2, 0.25) is 0 Å². The molecule has 0 unspecified atom stereocenters. The molecule has 0 aromatic heterocycles. The molecule has 2 nitrogen and oxygen atoms in total. The lowest BCUT2D eigenvalue weighted by molar-refractivity contribution is -0.0832. The summed E-state index contributed by atoms with van der Waals surface area (Å²) in [7, 11) is 0. The zero-order valence-electron chi connectivity index (χ0n) is 10.7. The predicted molar refractivity (Wildman–Crippen MR) is 73.4 cm³/mol. The fourth-order valence-electron chi connectivity index (χ4n) is 2.23. The molecule has 1 aromatic rings. The van der Waals surface area contributed by atoms with Crippen LogP contribution in [-0.4, -0.2) is 41.0 Å². The first-order chi connectivity index (χ1) is 8.55. The van der Waals surface area contributed by atoms with Crippen LogP contribution >= 0.6 is 11.8 Å². The summed E-state index contributed by atoms with van der Waals surface area (Å²) in [6.45, 7) is 4.56. The molecule has 4 heteroatoms. The Morgan fingerprint density at radius 2 is 1.94 bits per heavy atom. The van der Waals surface area contributed by atoms with Gasteiger partial charge in [-0.1, -0.05) is 0 Å². The van der Waals surface area contributed by atoms with Crippen molar-refractivity contribution in [3.63, 3.8) is 0 Å². The molecule has 0 spiro atoms. The maximum Gasteiger partial charge on any atom is 0.123 e. The van der Waals surface area contributed by atoms with Crippen LogP contribution in [0.15, 0.2) is 29.2 Å². The summed E-state index contributed by atoms with van der Waals surface area (Å²) in [4.78, 5) is 3.41. The van der Waals surface area contributed by atoms with Crippen LogP contribution in [0.3, 0.4) is 0 Å². The Morgan fingerprint density at radius 3 is 2.56 bits per heavy atom. The number of unbranched alkanes of at least 4 members (excludes halogenated alkanes) is 1. The maximum absolute atomic E-state index is 12.7. The first-order valence-electron chi connectivity index (χ1n) is 6.38. The van der Waals surface area contributed by atoms with E-state index in [9.17, 15) is 9.50 Å². The number of halogens is 1. The lowest BCUT2D eigenvalue weighted by atomic mass is 9.97. The first-order valence-corrected chi connectivity index (χ1v) is 7.37. The van der Waals surface area contributed by atoms with Crippen molar-refractivity contribution in [1.82, 2.24) is 4.90 Å². The quantitative estimate of drug-likeness (QED) is 0.634. The smallest absolute Gasteiger partial charge is 0.123 e. The lowest BCUT2D eigenvalue weighted by Crippen LogP contribution is -2.59. The topological polar surface area (TPSA) is 23.5 Å². The number of thioether (sulfide) groups is 1. The molecule has 100 valence electrons. The van der Waals surface area contributed by atoms with Crippen LogP contribution in [0.1, 0.15) is 19.8 Å². The molecule has 1 aliphatic rings.